The molecule has 0 unspecified atom stereocenters. The van der Waals surface area contributed by atoms with E-state index < -0.39 is 15.9 Å². The van der Waals surface area contributed by atoms with Crippen LogP contribution in [0.15, 0.2) is 34.4 Å². The Morgan fingerprint density at radius 3 is 2.82 bits per heavy atom. The Labute approximate surface area is 129 Å². The standard InChI is InChI=1S/C15H19NO5S/c1-3-20-12(2)11-15-16(9-6-10-22(17,18)19)13-7-4-5-8-14(13)21-15/h4-5,7-8,11H,3,6,9-10H2,1-2H3/b12-11-. The summed E-state index contributed by atoms with van der Waals surface area (Å²) in [5.74, 6) is 0.870. The van der Waals surface area contributed by atoms with E-state index in [9.17, 15) is 13.0 Å². The van der Waals surface area contributed by atoms with Gasteiger partial charge in [-0.15, -0.1) is 0 Å². The van der Waals surface area contributed by atoms with Gasteiger partial charge in [-0.3, -0.25) is 0 Å². The highest BCUT2D eigenvalue weighted by molar-refractivity contribution is 7.85. The van der Waals surface area contributed by atoms with Crippen molar-refractivity contribution >= 4 is 27.3 Å². The fourth-order valence-corrected chi connectivity index (χ4v) is 2.72. The van der Waals surface area contributed by atoms with E-state index in [0.29, 0.717) is 30.4 Å². The SMILES string of the molecule is CCO/C(C)=C\c1oc2ccccc2[n+]1CCCS(=O)(=O)[O-]. The van der Waals surface area contributed by atoms with Gasteiger partial charge in [-0.05, 0) is 19.9 Å². The number of rotatable bonds is 7. The van der Waals surface area contributed by atoms with Crippen LogP contribution < -0.4 is 4.57 Å². The number of aryl methyl sites for hydroxylation is 1. The van der Waals surface area contributed by atoms with Crippen molar-refractivity contribution in [1.29, 1.82) is 0 Å². The number of oxazole rings is 1. The van der Waals surface area contributed by atoms with Crippen LogP contribution in [-0.2, 0) is 21.4 Å². The summed E-state index contributed by atoms with van der Waals surface area (Å²) in [6, 6.07) is 7.46. The molecule has 0 aliphatic rings. The summed E-state index contributed by atoms with van der Waals surface area (Å²) in [5.41, 5.74) is 1.55. The Balaban J connectivity index is 2.34. The number of benzene rings is 1. The predicted molar refractivity (Wildman–Crippen MR) is 80.9 cm³/mol. The summed E-state index contributed by atoms with van der Waals surface area (Å²) >= 11 is 0. The van der Waals surface area contributed by atoms with Gasteiger partial charge in [-0.1, -0.05) is 12.1 Å². The molecule has 2 rings (SSSR count). The smallest absolute Gasteiger partial charge is 0.377 e. The van der Waals surface area contributed by atoms with Crippen molar-refractivity contribution in [3.8, 4) is 0 Å². The largest absolute Gasteiger partial charge is 0.748 e. The van der Waals surface area contributed by atoms with Gasteiger partial charge in [0.25, 0.3) is 5.52 Å². The quantitative estimate of drug-likeness (QED) is 0.442. The molecule has 22 heavy (non-hydrogen) atoms. The maximum Gasteiger partial charge on any atom is 0.377 e. The molecule has 120 valence electrons. The Hall–Kier alpha value is -1.86. The van der Waals surface area contributed by atoms with E-state index in [1.54, 1.807) is 6.08 Å². The summed E-state index contributed by atoms with van der Waals surface area (Å²) in [4.78, 5) is 0. The summed E-state index contributed by atoms with van der Waals surface area (Å²) in [6.07, 6.45) is 1.99. The maximum atomic E-state index is 10.8. The molecule has 1 heterocycles. The molecule has 0 radical (unpaired) electrons. The number of nitrogens with zero attached hydrogens (tertiary/aromatic N) is 1. The minimum absolute atomic E-state index is 0.231. The Morgan fingerprint density at radius 1 is 1.41 bits per heavy atom. The minimum Gasteiger partial charge on any atom is -0.748 e. The molecule has 0 saturated heterocycles. The number of allylic oxidation sites excluding steroid dienone is 1. The zero-order chi connectivity index (χ0) is 16.2. The molecular weight excluding hydrogens is 306 g/mol. The molecule has 0 atom stereocenters. The van der Waals surface area contributed by atoms with Crippen LogP contribution in [0.3, 0.4) is 0 Å². The molecule has 0 spiro atoms. The first-order chi connectivity index (χ1) is 10.4. The van der Waals surface area contributed by atoms with Crippen molar-refractivity contribution < 1.29 is 26.7 Å². The molecule has 0 aliphatic heterocycles. The second-order valence-corrected chi connectivity index (χ2v) is 6.39. The average Bonchev–Trinajstić information content (AvgIpc) is 2.76. The number of hydrogen-bond donors (Lipinski definition) is 0. The molecular formula is C15H19NO5S. The van der Waals surface area contributed by atoms with Crippen LogP contribution in [-0.4, -0.2) is 25.3 Å². The molecule has 1 aromatic heterocycles. The third-order valence-corrected chi connectivity index (χ3v) is 3.90. The fraction of sp³-hybridized carbons (Fsp3) is 0.400. The van der Waals surface area contributed by atoms with Gasteiger partial charge in [0.05, 0.1) is 22.8 Å². The molecule has 0 aliphatic carbocycles. The molecule has 0 fully saturated rings. The highest BCUT2D eigenvalue weighted by atomic mass is 32.2. The highest BCUT2D eigenvalue weighted by Crippen LogP contribution is 2.16. The van der Waals surface area contributed by atoms with Crippen molar-refractivity contribution in [2.75, 3.05) is 12.4 Å². The third kappa shape index (κ3) is 4.32. The van der Waals surface area contributed by atoms with E-state index in [1.165, 1.54) is 0 Å². The Kier molecular flexibility index (Phi) is 5.20. The number of aromatic nitrogens is 1. The van der Waals surface area contributed by atoms with Crippen LogP contribution in [0, 0.1) is 0 Å². The van der Waals surface area contributed by atoms with Gasteiger partial charge in [0.1, 0.15) is 5.76 Å². The molecule has 0 amide bonds. The van der Waals surface area contributed by atoms with Crippen LogP contribution in [0.2, 0.25) is 0 Å². The highest BCUT2D eigenvalue weighted by Gasteiger charge is 2.20. The summed E-state index contributed by atoms with van der Waals surface area (Å²) in [6.45, 7) is 4.65. The van der Waals surface area contributed by atoms with Crippen LogP contribution in [0.4, 0.5) is 0 Å². The average molecular weight is 325 g/mol. The first kappa shape index (κ1) is 16.5. The van der Waals surface area contributed by atoms with Gasteiger partial charge in [-0.2, -0.15) is 4.57 Å². The molecule has 0 saturated carbocycles. The zero-order valence-corrected chi connectivity index (χ0v) is 13.4. The van der Waals surface area contributed by atoms with E-state index >= 15 is 0 Å². The molecule has 0 bridgehead atoms. The van der Waals surface area contributed by atoms with E-state index in [1.807, 2.05) is 42.7 Å². The van der Waals surface area contributed by atoms with Gasteiger partial charge < -0.3 is 13.7 Å². The van der Waals surface area contributed by atoms with E-state index in [4.69, 9.17) is 9.15 Å². The lowest BCUT2D eigenvalue weighted by molar-refractivity contribution is -0.677. The van der Waals surface area contributed by atoms with Gasteiger partial charge in [0.2, 0.25) is 5.58 Å². The van der Waals surface area contributed by atoms with Gasteiger partial charge in [0, 0.05) is 18.2 Å². The third-order valence-electron chi connectivity index (χ3n) is 3.11. The number of hydrogen-bond acceptors (Lipinski definition) is 5. The first-order valence-electron chi connectivity index (χ1n) is 7.06. The lowest BCUT2D eigenvalue weighted by Crippen LogP contribution is -2.36. The van der Waals surface area contributed by atoms with E-state index in [0.717, 1.165) is 5.52 Å². The number of fused-ring (bicyclic) bond motifs is 1. The summed E-state index contributed by atoms with van der Waals surface area (Å²) < 4.78 is 45.3. The van der Waals surface area contributed by atoms with Crippen molar-refractivity contribution in [1.82, 2.24) is 0 Å². The maximum absolute atomic E-state index is 10.8. The fourth-order valence-electron chi connectivity index (χ4n) is 2.23. The predicted octanol–water partition coefficient (Wildman–Crippen LogP) is 2.05. The van der Waals surface area contributed by atoms with E-state index in [-0.39, 0.29) is 6.42 Å². The van der Waals surface area contributed by atoms with E-state index in [2.05, 4.69) is 0 Å². The molecule has 0 N–H and O–H groups in total. The monoisotopic (exact) mass is 325 g/mol. The number of para-hydroxylation sites is 2. The second-order valence-electron chi connectivity index (χ2n) is 4.86. The van der Waals surface area contributed by atoms with Crippen LogP contribution in [0.5, 0.6) is 0 Å². The van der Waals surface area contributed by atoms with Crippen molar-refractivity contribution in [3.05, 3.63) is 35.9 Å². The minimum atomic E-state index is -4.21. The topological polar surface area (TPSA) is 83.5 Å². The Bertz CT molecular complexity index is 776. The van der Waals surface area contributed by atoms with Gasteiger partial charge in [-0.25, -0.2) is 8.42 Å². The lowest BCUT2D eigenvalue weighted by atomic mass is 10.3. The number of ether oxygens (including phenoxy) is 1. The van der Waals surface area contributed by atoms with Gasteiger partial charge >= 0.3 is 5.89 Å². The van der Waals surface area contributed by atoms with Crippen LogP contribution in [0.1, 0.15) is 26.2 Å². The zero-order valence-electron chi connectivity index (χ0n) is 12.6. The second kappa shape index (κ2) is 6.93. The van der Waals surface area contributed by atoms with Crippen molar-refractivity contribution in [2.24, 2.45) is 0 Å². The molecule has 6 nitrogen and oxygen atoms in total. The summed E-state index contributed by atoms with van der Waals surface area (Å²) in [7, 11) is -4.21. The van der Waals surface area contributed by atoms with Crippen molar-refractivity contribution in [3.63, 3.8) is 0 Å². The molecule has 7 heteroatoms. The molecule has 1 aromatic carbocycles. The lowest BCUT2D eigenvalue weighted by Gasteiger charge is -2.04. The normalized spacial score (nSPS) is 12.8. The first-order valence-corrected chi connectivity index (χ1v) is 8.64. The van der Waals surface area contributed by atoms with Crippen LogP contribution >= 0.6 is 0 Å². The summed E-state index contributed by atoms with van der Waals surface area (Å²) in [5, 5.41) is 0. The Morgan fingerprint density at radius 2 is 2.14 bits per heavy atom. The molecule has 2 aromatic rings. The van der Waals surface area contributed by atoms with Crippen molar-refractivity contribution in [2.45, 2.75) is 26.8 Å². The van der Waals surface area contributed by atoms with Crippen LogP contribution in [0.25, 0.3) is 17.2 Å². The van der Waals surface area contributed by atoms with Gasteiger partial charge in [0.15, 0.2) is 6.54 Å².